The van der Waals surface area contributed by atoms with Crippen LogP contribution < -0.4 is 5.32 Å². The zero-order valence-electron chi connectivity index (χ0n) is 15.2. The molecule has 1 N–H and O–H groups in total. The van der Waals surface area contributed by atoms with Crippen LogP contribution in [-0.4, -0.2) is 22.3 Å². The fourth-order valence-corrected chi connectivity index (χ4v) is 2.75. The van der Waals surface area contributed by atoms with Crippen molar-refractivity contribution in [1.29, 1.82) is 0 Å². The third kappa shape index (κ3) is 5.47. The van der Waals surface area contributed by atoms with Crippen LogP contribution in [0.5, 0.6) is 0 Å². The molecule has 146 valence electrons. The molecule has 3 aromatic rings. The van der Waals surface area contributed by atoms with E-state index in [1.807, 2.05) is 12.1 Å². The number of non-ortho nitro benzene ring substituents is 1. The molecule has 8 heteroatoms. The SMILES string of the molecule is O=C(CCCNc1ccc([N+](=O)[O-])cc1)N(Cc1ccco1)Cc1ccco1. The Morgan fingerprint density at radius 3 is 2.11 bits per heavy atom. The lowest BCUT2D eigenvalue weighted by Gasteiger charge is -2.20. The second kappa shape index (κ2) is 9.40. The van der Waals surface area contributed by atoms with Gasteiger partial charge in [0, 0.05) is 30.8 Å². The molecule has 2 heterocycles. The van der Waals surface area contributed by atoms with Crippen LogP contribution >= 0.6 is 0 Å². The quantitative estimate of drug-likeness (QED) is 0.320. The van der Waals surface area contributed by atoms with E-state index in [1.54, 1.807) is 41.7 Å². The Morgan fingerprint density at radius 2 is 1.61 bits per heavy atom. The number of nitro benzene ring substituents is 1. The summed E-state index contributed by atoms with van der Waals surface area (Å²) >= 11 is 0. The lowest BCUT2D eigenvalue weighted by molar-refractivity contribution is -0.384. The largest absolute Gasteiger partial charge is 0.467 e. The number of nitrogens with zero attached hydrogens (tertiary/aromatic N) is 2. The smallest absolute Gasteiger partial charge is 0.269 e. The predicted molar refractivity (Wildman–Crippen MR) is 102 cm³/mol. The molecule has 1 amide bonds. The fraction of sp³-hybridized carbons (Fsp3) is 0.250. The molecule has 2 aromatic heterocycles. The van der Waals surface area contributed by atoms with Gasteiger partial charge in [-0.05, 0) is 42.8 Å². The zero-order chi connectivity index (χ0) is 19.8. The van der Waals surface area contributed by atoms with E-state index >= 15 is 0 Å². The van der Waals surface area contributed by atoms with Gasteiger partial charge in [-0.25, -0.2) is 0 Å². The van der Waals surface area contributed by atoms with Gasteiger partial charge in [-0.1, -0.05) is 0 Å². The third-order valence-electron chi connectivity index (χ3n) is 4.18. The van der Waals surface area contributed by atoms with Crippen molar-refractivity contribution >= 4 is 17.3 Å². The number of furan rings is 2. The molecule has 8 nitrogen and oxygen atoms in total. The van der Waals surface area contributed by atoms with Gasteiger partial charge in [0.2, 0.25) is 5.91 Å². The van der Waals surface area contributed by atoms with Crippen molar-refractivity contribution in [2.24, 2.45) is 0 Å². The maximum Gasteiger partial charge on any atom is 0.269 e. The number of carbonyl (C=O) groups is 1. The van der Waals surface area contributed by atoms with E-state index in [4.69, 9.17) is 8.83 Å². The molecule has 0 saturated heterocycles. The number of hydrogen-bond donors (Lipinski definition) is 1. The summed E-state index contributed by atoms with van der Waals surface area (Å²) in [4.78, 5) is 24.6. The van der Waals surface area contributed by atoms with Gasteiger partial charge in [0.1, 0.15) is 11.5 Å². The molecule has 0 aliphatic heterocycles. The standard InChI is InChI=1S/C20H21N3O5/c24-20(6-1-11-21-16-7-9-17(10-8-16)23(25)26)22(14-18-4-2-12-27-18)15-19-5-3-13-28-19/h2-5,7-10,12-13,21H,1,6,11,14-15H2. The van der Waals surface area contributed by atoms with Gasteiger partial charge in [-0.3, -0.25) is 14.9 Å². The average Bonchev–Trinajstić information content (AvgIpc) is 3.39. The first-order chi connectivity index (χ1) is 13.6. The second-order valence-electron chi connectivity index (χ2n) is 6.24. The number of carbonyl (C=O) groups excluding carboxylic acids is 1. The Balaban J connectivity index is 1.49. The van der Waals surface area contributed by atoms with Crippen molar-refractivity contribution in [1.82, 2.24) is 4.90 Å². The number of amides is 1. The number of nitrogens with one attached hydrogen (secondary N) is 1. The number of benzene rings is 1. The lowest BCUT2D eigenvalue weighted by Crippen LogP contribution is -2.30. The van der Waals surface area contributed by atoms with E-state index < -0.39 is 4.92 Å². The molecule has 0 radical (unpaired) electrons. The molecular weight excluding hydrogens is 362 g/mol. The van der Waals surface area contributed by atoms with Gasteiger partial charge in [0.15, 0.2) is 0 Å². The Labute approximate surface area is 161 Å². The van der Waals surface area contributed by atoms with Crippen molar-refractivity contribution in [3.8, 4) is 0 Å². The number of hydrogen-bond acceptors (Lipinski definition) is 6. The van der Waals surface area contributed by atoms with Gasteiger partial charge >= 0.3 is 0 Å². The molecule has 0 aliphatic rings. The number of anilines is 1. The Hall–Kier alpha value is -3.55. The van der Waals surface area contributed by atoms with Crippen LogP contribution in [0.25, 0.3) is 0 Å². The van der Waals surface area contributed by atoms with Gasteiger partial charge in [0.05, 0.1) is 30.5 Å². The van der Waals surface area contributed by atoms with Gasteiger partial charge < -0.3 is 19.1 Å². The molecule has 0 unspecified atom stereocenters. The van der Waals surface area contributed by atoms with E-state index in [0.29, 0.717) is 44.0 Å². The van der Waals surface area contributed by atoms with E-state index in [9.17, 15) is 14.9 Å². The van der Waals surface area contributed by atoms with Crippen LogP contribution in [0.15, 0.2) is 69.9 Å². The summed E-state index contributed by atoms with van der Waals surface area (Å²) in [5, 5.41) is 13.8. The molecule has 0 fully saturated rings. The van der Waals surface area contributed by atoms with Crippen molar-refractivity contribution in [2.75, 3.05) is 11.9 Å². The number of rotatable bonds is 10. The minimum Gasteiger partial charge on any atom is -0.467 e. The normalized spacial score (nSPS) is 10.6. The van der Waals surface area contributed by atoms with Crippen molar-refractivity contribution in [3.63, 3.8) is 0 Å². The zero-order valence-corrected chi connectivity index (χ0v) is 15.2. The Kier molecular flexibility index (Phi) is 6.46. The summed E-state index contributed by atoms with van der Waals surface area (Å²) in [5.41, 5.74) is 0.827. The van der Waals surface area contributed by atoms with Gasteiger partial charge in [-0.2, -0.15) is 0 Å². The Bertz CT molecular complexity index is 837. The number of nitro groups is 1. The maximum absolute atomic E-state index is 12.7. The first kappa shape index (κ1) is 19.2. The summed E-state index contributed by atoms with van der Waals surface area (Å²) < 4.78 is 10.7. The van der Waals surface area contributed by atoms with Crippen LogP contribution in [0, 0.1) is 10.1 Å². The summed E-state index contributed by atoms with van der Waals surface area (Å²) in [6, 6.07) is 13.4. The van der Waals surface area contributed by atoms with E-state index in [1.165, 1.54) is 12.1 Å². The minimum absolute atomic E-state index is 0.00157. The lowest BCUT2D eigenvalue weighted by atomic mass is 10.2. The highest BCUT2D eigenvalue weighted by atomic mass is 16.6. The molecule has 0 bridgehead atoms. The highest BCUT2D eigenvalue weighted by Gasteiger charge is 2.17. The Morgan fingerprint density at radius 1 is 1.00 bits per heavy atom. The topological polar surface area (TPSA) is 102 Å². The fourth-order valence-electron chi connectivity index (χ4n) is 2.75. The summed E-state index contributed by atoms with van der Waals surface area (Å²) in [7, 11) is 0. The van der Waals surface area contributed by atoms with E-state index in [0.717, 1.165) is 5.69 Å². The molecule has 0 saturated carbocycles. The average molecular weight is 383 g/mol. The van der Waals surface area contributed by atoms with Gasteiger partial charge in [0.25, 0.3) is 5.69 Å². The third-order valence-corrected chi connectivity index (χ3v) is 4.18. The first-order valence-corrected chi connectivity index (χ1v) is 8.92. The molecule has 0 aliphatic carbocycles. The summed E-state index contributed by atoms with van der Waals surface area (Å²) in [6.07, 6.45) is 4.15. The molecule has 0 spiro atoms. The minimum atomic E-state index is -0.435. The molecule has 1 aromatic carbocycles. The van der Waals surface area contributed by atoms with Crippen LogP contribution in [0.4, 0.5) is 11.4 Å². The van der Waals surface area contributed by atoms with Crippen molar-refractivity contribution in [2.45, 2.75) is 25.9 Å². The molecule has 28 heavy (non-hydrogen) atoms. The molecule has 3 rings (SSSR count). The monoisotopic (exact) mass is 383 g/mol. The molecule has 0 atom stereocenters. The van der Waals surface area contributed by atoms with Crippen LogP contribution in [0.1, 0.15) is 24.4 Å². The van der Waals surface area contributed by atoms with Crippen molar-refractivity contribution < 1.29 is 18.6 Å². The van der Waals surface area contributed by atoms with Gasteiger partial charge in [-0.15, -0.1) is 0 Å². The highest BCUT2D eigenvalue weighted by Crippen LogP contribution is 2.16. The second-order valence-corrected chi connectivity index (χ2v) is 6.24. The summed E-state index contributed by atoms with van der Waals surface area (Å²) in [5.74, 6) is 1.42. The van der Waals surface area contributed by atoms with E-state index in [2.05, 4.69) is 5.32 Å². The highest BCUT2D eigenvalue weighted by molar-refractivity contribution is 5.76. The van der Waals surface area contributed by atoms with Crippen molar-refractivity contribution in [3.05, 3.63) is 82.7 Å². The summed E-state index contributed by atoms with van der Waals surface area (Å²) in [6.45, 7) is 1.34. The maximum atomic E-state index is 12.7. The van der Waals surface area contributed by atoms with E-state index in [-0.39, 0.29) is 11.6 Å². The predicted octanol–water partition coefficient (Wildman–Crippen LogP) is 4.20. The van der Waals surface area contributed by atoms with Crippen LogP contribution in [-0.2, 0) is 17.9 Å². The molecular formula is C20H21N3O5. The first-order valence-electron chi connectivity index (χ1n) is 8.92. The van der Waals surface area contributed by atoms with Crippen LogP contribution in [0.2, 0.25) is 0 Å². The van der Waals surface area contributed by atoms with Crippen LogP contribution in [0.3, 0.4) is 0 Å².